The number of benzene rings is 1. The number of piperazine rings is 1. The molecule has 3 aromatic rings. The molecule has 33 heavy (non-hydrogen) atoms. The van der Waals surface area contributed by atoms with E-state index in [0.29, 0.717) is 24.1 Å². The van der Waals surface area contributed by atoms with Gasteiger partial charge in [-0.2, -0.15) is 0 Å². The second-order valence-corrected chi connectivity index (χ2v) is 9.70. The molecule has 2 aliphatic rings. The van der Waals surface area contributed by atoms with Crippen molar-refractivity contribution >= 4 is 16.8 Å². The number of hydrogen-bond donors (Lipinski definition) is 2. The van der Waals surface area contributed by atoms with E-state index in [2.05, 4.69) is 45.4 Å². The lowest BCUT2D eigenvalue weighted by Gasteiger charge is -2.49. The molecule has 174 valence electrons. The summed E-state index contributed by atoms with van der Waals surface area (Å²) >= 11 is 0. The van der Waals surface area contributed by atoms with Crippen LogP contribution in [0.2, 0.25) is 0 Å². The molecule has 7 nitrogen and oxygen atoms in total. The standard InChI is InChI=1S/C26H34N6O/c1-19-8-6-9-22-23(19)21(17-32(22)25-28-12-7-13-29-25)24(33)30-18-26(10-4-3-5-11-26)31-15-14-27-20(2)16-31/h6-9,12-13,17,20,27H,3-5,10-11,14-16,18H2,1-2H3,(H,30,33)/t20-/m1/s1. The van der Waals surface area contributed by atoms with Crippen molar-refractivity contribution in [1.82, 2.24) is 30.1 Å². The number of amides is 1. The zero-order valence-electron chi connectivity index (χ0n) is 19.7. The van der Waals surface area contributed by atoms with Crippen LogP contribution in [0.1, 0.15) is 54.9 Å². The first-order valence-electron chi connectivity index (χ1n) is 12.2. The van der Waals surface area contributed by atoms with Gasteiger partial charge >= 0.3 is 0 Å². The predicted octanol–water partition coefficient (Wildman–Crippen LogP) is 3.46. The largest absolute Gasteiger partial charge is 0.350 e. The molecule has 1 amide bonds. The molecule has 0 unspecified atom stereocenters. The zero-order chi connectivity index (χ0) is 22.8. The third kappa shape index (κ3) is 4.27. The number of hydrogen-bond acceptors (Lipinski definition) is 5. The van der Waals surface area contributed by atoms with Crippen molar-refractivity contribution in [1.29, 1.82) is 0 Å². The van der Waals surface area contributed by atoms with Gasteiger partial charge in [0.05, 0.1) is 11.1 Å². The topological polar surface area (TPSA) is 75.1 Å². The van der Waals surface area contributed by atoms with Crippen molar-refractivity contribution in [3.63, 3.8) is 0 Å². The molecule has 0 bridgehead atoms. The van der Waals surface area contributed by atoms with Crippen LogP contribution >= 0.6 is 0 Å². The predicted molar refractivity (Wildman–Crippen MR) is 131 cm³/mol. The Hall–Kier alpha value is -2.77. The molecule has 1 saturated carbocycles. The van der Waals surface area contributed by atoms with Gasteiger partial charge in [0.1, 0.15) is 0 Å². The molecule has 1 aromatic carbocycles. The summed E-state index contributed by atoms with van der Waals surface area (Å²) in [4.78, 5) is 25.0. The van der Waals surface area contributed by atoms with Crippen LogP contribution in [0.3, 0.4) is 0 Å². The van der Waals surface area contributed by atoms with Crippen molar-refractivity contribution in [3.8, 4) is 5.95 Å². The molecule has 1 saturated heterocycles. The van der Waals surface area contributed by atoms with Gasteiger partial charge in [0, 0.05) is 61.7 Å². The summed E-state index contributed by atoms with van der Waals surface area (Å²) < 4.78 is 1.92. The molecule has 2 fully saturated rings. The first-order valence-corrected chi connectivity index (χ1v) is 12.2. The molecule has 5 rings (SSSR count). The van der Waals surface area contributed by atoms with E-state index in [1.807, 2.05) is 22.9 Å². The summed E-state index contributed by atoms with van der Waals surface area (Å²) in [7, 11) is 0. The quantitative estimate of drug-likeness (QED) is 0.628. The second kappa shape index (κ2) is 9.23. The summed E-state index contributed by atoms with van der Waals surface area (Å²) in [5.41, 5.74) is 2.78. The molecule has 0 spiro atoms. The molecule has 1 atom stereocenters. The van der Waals surface area contributed by atoms with Gasteiger partial charge in [0.2, 0.25) is 5.95 Å². The third-order valence-corrected chi connectivity index (χ3v) is 7.45. The van der Waals surface area contributed by atoms with Crippen molar-refractivity contribution in [2.45, 2.75) is 57.5 Å². The highest BCUT2D eigenvalue weighted by atomic mass is 16.1. The highest BCUT2D eigenvalue weighted by Gasteiger charge is 2.39. The molecule has 0 radical (unpaired) electrons. The summed E-state index contributed by atoms with van der Waals surface area (Å²) in [6, 6.07) is 8.38. The first kappa shape index (κ1) is 22.0. The lowest BCUT2D eigenvalue weighted by molar-refractivity contribution is 0.0273. The smallest absolute Gasteiger partial charge is 0.253 e. The SMILES string of the molecule is Cc1cccc2c1c(C(=O)NCC1(N3CCN[C@H](C)C3)CCCCC1)cn2-c1ncccn1. The van der Waals surface area contributed by atoms with Gasteiger partial charge in [-0.3, -0.25) is 14.3 Å². The monoisotopic (exact) mass is 446 g/mol. The Morgan fingerprint density at radius 1 is 1.18 bits per heavy atom. The normalized spacial score (nSPS) is 21.2. The van der Waals surface area contributed by atoms with Gasteiger partial charge < -0.3 is 10.6 Å². The molecular weight excluding hydrogens is 412 g/mol. The second-order valence-electron chi connectivity index (χ2n) is 9.70. The van der Waals surface area contributed by atoms with Crippen LogP contribution < -0.4 is 10.6 Å². The summed E-state index contributed by atoms with van der Waals surface area (Å²) in [5.74, 6) is 0.558. The fraction of sp³-hybridized carbons (Fsp3) is 0.500. The van der Waals surface area contributed by atoms with E-state index in [1.165, 1.54) is 19.3 Å². The van der Waals surface area contributed by atoms with Crippen LogP contribution in [0.4, 0.5) is 0 Å². The Morgan fingerprint density at radius 2 is 1.97 bits per heavy atom. The van der Waals surface area contributed by atoms with Crippen molar-refractivity contribution in [2.24, 2.45) is 0 Å². The maximum atomic E-state index is 13.6. The fourth-order valence-electron chi connectivity index (χ4n) is 5.74. The van der Waals surface area contributed by atoms with Crippen LogP contribution in [0.25, 0.3) is 16.9 Å². The van der Waals surface area contributed by atoms with Gasteiger partial charge in [0.15, 0.2) is 0 Å². The Balaban J connectivity index is 1.44. The van der Waals surface area contributed by atoms with Gasteiger partial charge in [-0.25, -0.2) is 9.97 Å². The van der Waals surface area contributed by atoms with Crippen molar-refractivity contribution in [3.05, 3.63) is 54.0 Å². The summed E-state index contributed by atoms with van der Waals surface area (Å²) in [5, 5.41) is 7.88. The zero-order valence-corrected chi connectivity index (χ0v) is 19.7. The fourth-order valence-corrected chi connectivity index (χ4v) is 5.74. The van der Waals surface area contributed by atoms with E-state index in [9.17, 15) is 4.79 Å². The third-order valence-electron chi connectivity index (χ3n) is 7.45. The summed E-state index contributed by atoms with van der Waals surface area (Å²) in [6.45, 7) is 8.10. The van der Waals surface area contributed by atoms with E-state index >= 15 is 0 Å². The van der Waals surface area contributed by atoms with Crippen molar-refractivity contribution in [2.75, 3.05) is 26.2 Å². The van der Waals surface area contributed by atoms with E-state index in [4.69, 9.17) is 0 Å². The molecule has 1 aliphatic carbocycles. The van der Waals surface area contributed by atoms with Gasteiger partial charge in [-0.05, 0) is 44.4 Å². The average molecular weight is 447 g/mol. The van der Waals surface area contributed by atoms with Crippen molar-refractivity contribution < 1.29 is 4.79 Å². The number of nitrogens with one attached hydrogen (secondary N) is 2. The molecule has 1 aliphatic heterocycles. The van der Waals surface area contributed by atoms with Crippen LogP contribution in [0.5, 0.6) is 0 Å². The first-order chi connectivity index (χ1) is 16.1. The summed E-state index contributed by atoms with van der Waals surface area (Å²) in [6.07, 6.45) is 11.4. The maximum absolute atomic E-state index is 13.6. The molecular formula is C26H34N6O. The van der Waals surface area contributed by atoms with Gasteiger partial charge in [-0.15, -0.1) is 0 Å². The lowest BCUT2D eigenvalue weighted by Crippen LogP contribution is -2.63. The number of aryl methyl sites for hydroxylation is 1. The number of nitrogens with zero attached hydrogens (tertiary/aromatic N) is 4. The Kier molecular flexibility index (Phi) is 6.17. The van der Waals surface area contributed by atoms with E-state index in [1.54, 1.807) is 18.5 Å². The van der Waals surface area contributed by atoms with Crippen LogP contribution in [0.15, 0.2) is 42.9 Å². The molecule has 3 heterocycles. The average Bonchev–Trinajstić information content (AvgIpc) is 3.25. The van der Waals surface area contributed by atoms with E-state index in [-0.39, 0.29) is 11.4 Å². The number of carbonyl (C=O) groups excluding carboxylic acids is 1. The van der Waals surface area contributed by atoms with Gasteiger partial charge in [-0.1, -0.05) is 31.4 Å². The highest BCUT2D eigenvalue weighted by Crippen LogP contribution is 2.34. The maximum Gasteiger partial charge on any atom is 0.253 e. The molecule has 2 N–H and O–H groups in total. The molecule has 7 heteroatoms. The number of rotatable bonds is 5. The number of carbonyl (C=O) groups is 1. The van der Waals surface area contributed by atoms with Crippen LogP contribution in [-0.4, -0.2) is 63.1 Å². The minimum absolute atomic E-state index is 0.0166. The highest BCUT2D eigenvalue weighted by molar-refractivity contribution is 6.08. The lowest BCUT2D eigenvalue weighted by atomic mass is 9.79. The minimum Gasteiger partial charge on any atom is -0.350 e. The van der Waals surface area contributed by atoms with E-state index in [0.717, 1.165) is 48.9 Å². The van der Waals surface area contributed by atoms with E-state index < -0.39 is 0 Å². The number of fused-ring (bicyclic) bond motifs is 1. The molecule has 2 aromatic heterocycles. The Bertz CT molecular complexity index is 1120. The van der Waals surface area contributed by atoms with Crippen LogP contribution in [0, 0.1) is 6.92 Å². The van der Waals surface area contributed by atoms with Crippen LogP contribution in [-0.2, 0) is 0 Å². The number of aromatic nitrogens is 3. The minimum atomic E-state index is -0.0166. The van der Waals surface area contributed by atoms with Gasteiger partial charge in [0.25, 0.3) is 5.91 Å². The Labute approximate surface area is 195 Å². The Morgan fingerprint density at radius 3 is 2.73 bits per heavy atom.